The lowest BCUT2D eigenvalue weighted by Gasteiger charge is -2.31. The lowest BCUT2D eigenvalue weighted by molar-refractivity contribution is -0.147. The molecule has 0 spiro atoms. The number of hydrogen-bond donors (Lipinski definition) is 1. The summed E-state index contributed by atoms with van der Waals surface area (Å²) in [5.41, 5.74) is 0.953. The number of methoxy groups -OCH3 is 3. The predicted molar refractivity (Wildman–Crippen MR) is 96.4 cm³/mol. The molecule has 2 rings (SSSR count). The maximum Gasteiger partial charge on any atom is 0.308 e. The molecule has 0 radical (unpaired) electrons. The minimum absolute atomic E-state index is 0.0188. The van der Waals surface area contributed by atoms with Crippen molar-refractivity contribution in [2.75, 3.05) is 47.6 Å². The van der Waals surface area contributed by atoms with Gasteiger partial charge in [-0.1, -0.05) is 6.07 Å². The van der Waals surface area contributed by atoms with Crippen molar-refractivity contribution in [2.24, 2.45) is 5.92 Å². The molecule has 0 unspecified atom stereocenters. The van der Waals surface area contributed by atoms with Gasteiger partial charge >= 0.3 is 5.97 Å². The zero-order chi connectivity index (χ0) is 18.9. The minimum Gasteiger partial charge on any atom is -0.493 e. The number of piperidine rings is 1. The van der Waals surface area contributed by atoms with E-state index in [9.17, 15) is 9.90 Å². The molecule has 146 valence electrons. The van der Waals surface area contributed by atoms with Crippen LogP contribution in [0.3, 0.4) is 0 Å². The van der Waals surface area contributed by atoms with Crippen LogP contribution in [0, 0.1) is 5.92 Å². The van der Waals surface area contributed by atoms with Crippen LogP contribution in [0.4, 0.5) is 0 Å². The standard InChI is InChI=1S/C19H29NO6/c1-23-17-5-4-14(10-18(17)24-2)12-26-13-16(21)11-20-8-6-15(7-9-20)19(22)25-3/h4-5,10,15-16,21H,6-9,11-13H2,1-3H3/t16-/m1/s1. The van der Waals surface area contributed by atoms with Crippen LogP contribution in [0.1, 0.15) is 18.4 Å². The van der Waals surface area contributed by atoms with Crippen molar-refractivity contribution in [3.63, 3.8) is 0 Å². The van der Waals surface area contributed by atoms with Gasteiger partial charge in [-0.2, -0.15) is 0 Å². The van der Waals surface area contributed by atoms with Crippen LogP contribution < -0.4 is 9.47 Å². The van der Waals surface area contributed by atoms with Crippen LogP contribution in [-0.2, 0) is 20.9 Å². The monoisotopic (exact) mass is 367 g/mol. The number of nitrogens with zero attached hydrogens (tertiary/aromatic N) is 1. The van der Waals surface area contributed by atoms with Crippen LogP contribution in [0.2, 0.25) is 0 Å². The lowest BCUT2D eigenvalue weighted by atomic mass is 9.97. The zero-order valence-electron chi connectivity index (χ0n) is 15.8. The SMILES string of the molecule is COC(=O)C1CCN(C[C@@H](O)COCc2ccc(OC)c(OC)c2)CC1. The molecular weight excluding hydrogens is 338 g/mol. The first kappa shape index (κ1) is 20.5. The largest absolute Gasteiger partial charge is 0.493 e. The highest BCUT2D eigenvalue weighted by molar-refractivity contribution is 5.72. The first-order chi connectivity index (χ1) is 12.6. The Bertz CT molecular complexity index is 571. The number of hydrogen-bond acceptors (Lipinski definition) is 7. The molecule has 26 heavy (non-hydrogen) atoms. The molecule has 1 fully saturated rings. The fourth-order valence-electron chi connectivity index (χ4n) is 3.15. The van der Waals surface area contributed by atoms with E-state index in [1.54, 1.807) is 14.2 Å². The topological polar surface area (TPSA) is 77.5 Å². The summed E-state index contributed by atoms with van der Waals surface area (Å²) >= 11 is 0. The predicted octanol–water partition coefficient (Wildman–Crippen LogP) is 1.47. The molecule has 0 saturated carbocycles. The third kappa shape index (κ3) is 5.86. The molecule has 1 aromatic rings. The van der Waals surface area contributed by atoms with Gasteiger partial charge in [0, 0.05) is 6.54 Å². The Balaban J connectivity index is 1.69. The van der Waals surface area contributed by atoms with Crippen molar-refractivity contribution in [3.8, 4) is 11.5 Å². The number of rotatable bonds is 9. The number of aliphatic hydroxyl groups excluding tert-OH is 1. The Morgan fingerprint density at radius 3 is 2.50 bits per heavy atom. The van der Waals surface area contributed by atoms with Crippen LogP contribution in [-0.4, -0.2) is 69.7 Å². The molecule has 1 aromatic carbocycles. The van der Waals surface area contributed by atoms with E-state index < -0.39 is 6.10 Å². The Kier molecular flexibility index (Phi) is 8.15. The minimum atomic E-state index is -0.565. The molecule has 1 aliphatic heterocycles. The second kappa shape index (κ2) is 10.4. The van der Waals surface area contributed by atoms with Gasteiger partial charge < -0.3 is 29.0 Å². The molecule has 1 aliphatic rings. The first-order valence-electron chi connectivity index (χ1n) is 8.84. The van der Waals surface area contributed by atoms with Gasteiger partial charge in [-0.05, 0) is 43.6 Å². The van der Waals surface area contributed by atoms with E-state index in [-0.39, 0.29) is 18.5 Å². The third-order valence-electron chi connectivity index (χ3n) is 4.62. The van der Waals surface area contributed by atoms with Gasteiger partial charge in [0.2, 0.25) is 0 Å². The van der Waals surface area contributed by atoms with E-state index in [1.807, 2.05) is 18.2 Å². The van der Waals surface area contributed by atoms with Crippen molar-refractivity contribution in [2.45, 2.75) is 25.6 Å². The average molecular weight is 367 g/mol. The molecule has 7 nitrogen and oxygen atoms in total. The number of β-amino-alcohol motifs (C(OH)–C–C–N with tert-alkyl or cyclic N) is 1. The van der Waals surface area contributed by atoms with Gasteiger partial charge in [0.05, 0.1) is 46.6 Å². The van der Waals surface area contributed by atoms with Gasteiger partial charge in [0.1, 0.15) is 0 Å². The number of likely N-dealkylation sites (tertiary alicyclic amines) is 1. The summed E-state index contributed by atoms with van der Waals surface area (Å²) in [6, 6.07) is 5.60. The molecular formula is C19H29NO6. The highest BCUT2D eigenvalue weighted by Crippen LogP contribution is 2.27. The van der Waals surface area contributed by atoms with Crippen LogP contribution in [0.15, 0.2) is 18.2 Å². The molecule has 1 heterocycles. The normalized spacial score (nSPS) is 16.9. The Morgan fingerprint density at radius 2 is 1.88 bits per heavy atom. The average Bonchev–Trinajstić information content (AvgIpc) is 2.67. The van der Waals surface area contributed by atoms with Crippen molar-refractivity contribution in [3.05, 3.63) is 23.8 Å². The zero-order valence-corrected chi connectivity index (χ0v) is 15.8. The Hall–Kier alpha value is -1.83. The maximum atomic E-state index is 11.5. The van der Waals surface area contributed by atoms with Crippen LogP contribution in [0.25, 0.3) is 0 Å². The van der Waals surface area contributed by atoms with E-state index in [0.717, 1.165) is 31.5 Å². The first-order valence-corrected chi connectivity index (χ1v) is 8.84. The Labute approximate surface area is 154 Å². The summed E-state index contributed by atoms with van der Waals surface area (Å²) in [6.45, 7) is 2.76. The highest BCUT2D eigenvalue weighted by Gasteiger charge is 2.26. The second-order valence-electron chi connectivity index (χ2n) is 6.46. The summed E-state index contributed by atoms with van der Waals surface area (Å²) in [6.07, 6.45) is 0.974. The molecule has 0 aliphatic carbocycles. The van der Waals surface area contributed by atoms with E-state index in [1.165, 1.54) is 7.11 Å². The van der Waals surface area contributed by atoms with Crippen molar-refractivity contribution in [1.29, 1.82) is 0 Å². The maximum absolute atomic E-state index is 11.5. The van der Waals surface area contributed by atoms with Gasteiger partial charge in [0.25, 0.3) is 0 Å². The molecule has 1 atom stereocenters. The summed E-state index contributed by atoms with van der Waals surface area (Å²) in [4.78, 5) is 13.7. The summed E-state index contributed by atoms with van der Waals surface area (Å²) in [5, 5.41) is 10.2. The van der Waals surface area contributed by atoms with Crippen LogP contribution in [0.5, 0.6) is 11.5 Å². The summed E-state index contributed by atoms with van der Waals surface area (Å²) in [7, 11) is 4.61. The number of carbonyl (C=O) groups is 1. The molecule has 0 bridgehead atoms. The van der Waals surface area contributed by atoms with Crippen molar-refractivity contribution < 1.29 is 28.8 Å². The van der Waals surface area contributed by atoms with E-state index in [0.29, 0.717) is 24.7 Å². The van der Waals surface area contributed by atoms with E-state index in [4.69, 9.17) is 18.9 Å². The van der Waals surface area contributed by atoms with Crippen molar-refractivity contribution in [1.82, 2.24) is 4.90 Å². The lowest BCUT2D eigenvalue weighted by Crippen LogP contribution is -2.41. The van der Waals surface area contributed by atoms with Gasteiger partial charge in [-0.15, -0.1) is 0 Å². The molecule has 1 saturated heterocycles. The second-order valence-corrected chi connectivity index (χ2v) is 6.46. The van der Waals surface area contributed by atoms with Crippen LogP contribution >= 0.6 is 0 Å². The van der Waals surface area contributed by atoms with Gasteiger partial charge in [-0.3, -0.25) is 4.79 Å². The van der Waals surface area contributed by atoms with E-state index >= 15 is 0 Å². The molecule has 7 heteroatoms. The summed E-state index contributed by atoms with van der Waals surface area (Å²) < 4.78 is 20.9. The third-order valence-corrected chi connectivity index (χ3v) is 4.62. The number of benzene rings is 1. The number of aliphatic hydroxyl groups is 1. The van der Waals surface area contributed by atoms with Gasteiger partial charge in [0.15, 0.2) is 11.5 Å². The summed E-state index contributed by atoms with van der Waals surface area (Å²) in [5.74, 6) is 1.17. The smallest absolute Gasteiger partial charge is 0.308 e. The molecule has 1 N–H and O–H groups in total. The Morgan fingerprint density at radius 1 is 1.19 bits per heavy atom. The number of esters is 1. The van der Waals surface area contributed by atoms with E-state index in [2.05, 4.69) is 4.90 Å². The molecule has 0 amide bonds. The highest BCUT2D eigenvalue weighted by atomic mass is 16.5. The number of ether oxygens (including phenoxy) is 4. The number of carbonyl (C=O) groups excluding carboxylic acids is 1. The fraction of sp³-hybridized carbons (Fsp3) is 0.632. The van der Waals surface area contributed by atoms with Crippen molar-refractivity contribution >= 4 is 5.97 Å². The fourth-order valence-corrected chi connectivity index (χ4v) is 3.15. The molecule has 0 aromatic heterocycles. The van der Waals surface area contributed by atoms with Gasteiger partial charge in [-0.25, -0.2) is 0 Å². The quantitative estimate of drug-likeness (QED) is 0.662.